The van der Waals surface area contributed by atoms with Gasteiger partial charge in [0.05, 0.1) is 16.9 Å². The summed E-state index contributed by atoms with van der Waals surface area (Å²) in [6.07, 6.45) is 1.53. The van der Waals surface area contributed by atoms with Crippen molar-refractivity contribution in [3.05, 3.63) is 56.4 Å². The third-order valence-corrected chi connectivity index (χ3v) is 3.44. The lowest BCUT2D eigenvalue weighted by Gasteiger charge is -2.12. The van der Waals surface area contributed by atoms with Crippen LogP contribution in [0.15, 0.2) is 35.3 Å². The SMILES string of the molecule is CN(C)c1cnn(CC(=O)c2ccc(Cl)cc2Cl)c(=O)c1. The Bertz CT molecular complexity index is 741. The highest BCUT2D eigenvalue weighted by Crippen LogP contribution is 2.21. The zero-order valence-corrected chi connectivity index (χ0v) is 13.0. The zero-order valence-electron chi connectivity index (χ0n) is 11.5. The summed E-state index contributed by atoms with van der Waals surface area (Å²) in [5, 5.41) is 4.69. The van der Waals surface area contributed by atoms with Gasteiger partial charge in [-0.2, -0.15) is 5.10 Å². The Morgan fingerprint density at radius 2 is 2.00 bits per heavy atom. The molecule has 2 rings (SSSR count). The van der Waals surface area contributed by atoms with Crippen LogP contribution in [0.25, 0.3) is 0 Å². The van der Waals surface area contributed by atoms with Crippen LogP contribution in [0.5, 0.6) is 0 Å². The molecule has 0 unspecified atom stereocenters. The summed E-state index contributed by atoms with van der Waals surface area (Å²) in [4.78, 5) is 25.9. The second kappa shape index (κ2) is 6.28. The number of hydrogen-bond acceptors (Lipinski definition) is 4. The molecule has 0 radical (unpaired) electrons. The number of anilines is 1. The van der Waals surface area contributed by atoms with Crippen LogP contribution in [-0.4, -0.2) is 29.7 Å². The van der Waals surface area contributed by atoms with E-state index in [-0.39, 0.29) is 22.9 Å². The van der Waals surface area contributed by atoms with E-state index in [1.54, 1.807) is 25.1 Å². The van der Waals surface area contributed by atoms with Crippen molar-refractivity contribution in [1.82, 2.24) is 9.78 Å². The van der Waals surface area contributed by atoms with E-state index >= 15 is 0 Å². The minimum absolute atomic E-state index is 0.173. The van der Waals surface area contributed by atoms with E-state index in [0.29, 0.717) is 16.3 Å². The van der Waals surface area contributed by atoms with E-state index in [0.717, 1.165) is 4.68 Å². The first kappa shape index (κ1) is 15.5. The summed E-state index contributed by atoms with van der Waals surface area (Å²) in [5.41, 5.74) is 0.638. The fourth-order valence-corrected chi connectivity index (χ4v) is 2.24. The molecule has 0 spiro atoms. The summed E-state index contributed by atoms with van der Waals surface area (Å²) in [5.74, 6) is -0.302. The van der Waals surface area contributed by atoms with Crippen LogP contribution < -0.4 is 10.5 Å². The summed E-state index contributed by atoms with van der Waals surface area (Å²) in [6, 6.07) is 6.02. The molecule has 21 heavy (non-hydrogen) atoms. The van der Waals surface area contributed by atoms with Crippen molar-refractivity contribution < 1.29 is 4.79 Å². The standard InChI is InChI=1S/C14H13Cl2N3O2/c1-18(2)10-6-14(21)19(17-7-10)8-13(20)11-4-3-9(15)5-12(11)16/h3-7H,8H2,1-2H3. The van der Waals surface area contributed by atoms with E-state index in [9.17, 15) is 9.59 Å². The first-order valence-electron chi connectivity index (χ1n) is 6.11. The second-order valence-electron chi connectivity index (χ2n) is 4.65. The molecular weight excluding hydrogens is 313 g/mol. The molecule has 0 aliphatic rings. The predicted molar refractivity (Wildman–Crippen MR) is 83.6 cm³/mol. The van der Waals surface area contributed by atoms with Crippen molar-refractivity contribution in [2.24, 2.45) is 0 Å². The lowest BCUT2D eigenvalue weighted by atomic mass is 10.1. The Kier molecular flexibility index (Phi) is 4.65. The van der Waals surface area contributed by atoms with Crippen LogP contribution in [0.2, 0.25) is 10.0 Å². The molecule has 0 fully saturated rings. The highest BCUT2D eigenvalue weighted by atomic mass is 35.5. The van der Waals surface area contributed by atoms with Gasteiger partial charge in [-0.1, -0.05) is 23.2 Å². The summed E-state index contributed by atoms with van der Waals surface area (Å²) >= 11 is 11.8. The van der Waals surface area contributed by atoms with E-state index in [1.807, 2.05) is 0 Å². The fourth-order valence-electron chi connectivity index (χ4n) is 1.72. The van der Waals surface area contributed by atoms with Gasteiger partial charge in [0.15, 0.2) is 5.78 Å². The molecule has 7 heteroatoms. The van der Waals surface area contributed by atoms with Crippen LogP contribution in [0.4, 0.5) is 5.69 Å². The first-order chi connectivity index (χ1) is 9.88. The molecule has 0 N–H and O–H groups in total. The van der Waals surface area contributed by atoms with Crippen LogP contribution in [0.3, 0.4) is 0 Å². The smallest absolute Gasteiger partial charge is 0.269 e. The van der Waals surface area contributed by atoms with Gasteiger partial charge in [0, 0.05) is 30.7 Å². The lowest BCUT2D eigenvalue weighted by molar-refractivity contribution is 0.0966. The van der Waals surface area contributed by atoms with Crippen LogP contribution >= 0.6 is 23.2 Å². The van der Waals surface area contributed by atoms with Gasteiger partial charge in [0.25, 0.3) is 5.56 Å². The van der Waals surface area contributed by atoms with Crippen molar-refractivity contribution in [1.29, 1.82) is 0 Å². The molecule has 1 heterocycles. The maximum absolute atomic E-state index is 12.2. The van der Waals surface area contributed by atoms with Crippen LogP contribution in [0.1, 0.15) is 10.4 Å². The summed E-state index contributed by atoms with van der Waals surface area (Å²) in [6.45, 7) is -0.173. The normalized spacial score (nSPS) is 10.5. The van der Waals surface area contributed by atoms with Crippen LogP contribution in [-0.2, 0) is 6.54 Å². The number of Topliss-reactive ketones (excluding diaryl/α,β-unsaturated/α-hetero) is 1. The summed E-state index contributed by atoms with van der Waals surface area (Å²) in [7, 11) is 3.61. The summed E-state index contributed by atoms with van der Waals surface area (Å²) < 4.78 is 1.10. The predicted octanol–water partition coefficient (Wildman–Crippen LogP) is 2.50. The third kappa shape index (κ3) is 3.62. The Morgan fingerprint density at radius 3 is 2.57 bits per heavy atom. The zero-order chi connectivity index (χ0) is 15.6. The highest BCUT2D eigenvalue weighted by Gasteiger charge is 2.13. The van der Waals surface area contributed by atoms with Crippen molar-refractivity contribution in [3.8, 4) is 0 Å². The molecule has 5 nitrogen and oxygen atoms in total. The lowest BCUT2D eigenvalue weighted by Crippen LogP contribution is -2.27. The Labute approximate surface area is 131 Å². The molecule has 0 saturated heterocycles. The molecule has 1 aromatic carbocycles. The van der Waals surface area contributed by atoms with Gasteiger partial charge < -0.3 is 4.90 Å². The largest absolute Gasteiger partial charge is 0.376 e. The van der Waals surface area contributed by atoms with E-state index in [4.69, 9.17) is 23.2 Å². The van der Waals surface area contributed by atoms with Crippen LogP contribution in [0, 0.1) is 0 Å². The molecule has 0 aliphatic heterocycles. The number of benzene rings is 1. The van der Waals surface area contributed by atoms with Gasteiger partial charge >= 0.3 is 0 Å². The first-order valence-corrected chi connectivity index (χ1v) is 6.87. The minimum Gasteiger partial charge on any atom is -0.376 e. The molecule has 110 valence electrons. The fraction of sp³-hybridized carbons (Fsp3) is 0.214. The average Bonchev–Trinajstić information content (AvgIpc) is 2.40. The molecule has 2 aromatic rings. The highest BCUT2D eigenvalue weighted by molar-refractivity contribution is 6.36. The Hall–Kier alpha value is -1.85. The number of hydrogen-bond donors (Lipinski definition) is 0. The van der Waals surface area contributed by atoms with Gasteiger partial charge in [-0.25, -0.2) is 4.68 Å². The van der Waals surface area contributed by atoms with Gasteiger partial charge in [-0.3, -0.25) is 9.59 Å². The molecule has 0 saturated carbocycles. The molecule has 0 atom stereocenters. The Balaban J connectivity index is 2.26. The molecule has 1 aromatic heterocycles. The Morgan fingerprint density at radius 1 is 1.29 bits per heavy atom. The van der Waals surface area contributed by atoms with E-state index in [1.165, 1.54) is 24.4 Å². The van der Waals surface area contributed by atoms with E-state index in [2.05, 4.69) is 5.10 Å². The van der Waals surface area contributed by atoms with Gasteiger partial charge in [-0.15, -0.1) is 0 Å². The molecule has 0 aliphatic carbocycles. The quantitative estimate of drug-likeness (QED) is 0.810. The number of rotatable bonds is 4. The van der Waals surface area contributed by atoms with Gasteiger partial charge in [0.2, 0.25) is 0 Å². The maximum atomic E-state index is 12.2. The number of nitrogens with zero attached hydrogens (tertiary/aromatic N) is 3. The van der Waals surface area contributed by atoms with Gasteiger partial charge in [-0.05, 0) is 18.2 Å². The third-order valence-electron chi connectivity index (χ3n) is 2.90. The van der Waals surface area contributed by atoms with Crippen molar-refractivity contribution in [2.75, 3.05) is 19.0 Å². The monoisotopic (exact) mass is 325 g/mol. The average molecular weight is 326 g/mol. The molecule has 0 bridgehead atoms. The molecule has 0 amide bonds. The van der Waals surface area contributed by atoms with Gasteiger partial charge in [0.1, 0.15) is 6.54 Å². The number of aromatic nitrogens is 2. The second-order valence-corrected chi connectivity index (χ2v) is 5.50. The maximum Gasteiger partial charge on any atom is 0.269 e. The number of carbonyl (C=O) groups is 1. The minimum atomic E-state index is -0.348. The van der Waals surface area contributed by atoms with Crippen molar-refractivity contribution >= 4 is 34.7 Å². The number of ketones is 1. The number of carbonyl (C=O) groups excluding carboxylic acids is 1. The van der Waals surface area contributed by atoms with Crippen molar-refractivity contribution in [3.63, 3.8) is 0 Å². The van der Waals surface area contributed by atoms with E-state index < -0.39 is 0 Å². The topological polar surface area (TPSA) is 55.2 Å². The molecular formula is C14H13Cl2N3O2. The van der Waals surface area contributed by atoms with Crippen molar-refractivity contribution in [2.45, 2.75) is 6.54 Å². The number of halogens is 2.